The van der Waals surface area contributed by atoms with Gasteiger partial charge in [-0.05, 0) is 24.6 Å². The second-order valence-electron chi connectivity index (χ2n) is 4.79. The molecule has 5 nitrogen and oxygen atoms in total. The zero-order valence-corrected chi connectivity index (χ0v) is 16.2. The van der Waals surface area contributed by atoms with Crippen LogP contribution in [0.3, 0.4) is 0 Å². The van der Waals surface area contributed by atoms with Crippen molar-refractivity contribution in [2.45, 2.75) is 20.3 Å². The quantitative estimate of drug-likeness (QED) is 0.406. The predicted octanol–water partition coefficient (Wildman–Crippen LogP) is 3.63. The SMILES string of the molecule is C=Cc1ccccc1.CCCOC(=O)C(C)=C[Si](OC)(OC)OC. The maximum absolute atomic E-state index is 11.5. The lowest BCUT2D eigenvalue weighted by Crippen LogP contribution is -2.41. The summed E-state index contributed by atoms with van der Waals surface area (Å²) in [4.78, 5) is 11.5. The number of benzene rings is 1. The fourth-order valence-corrected chi connectivity index (χ4v) is 3.15. The molecule has 0 aromatic heterocycles. The van der Waals surface area contributed by atoms with Gasteiger partial charge in [0.15, 0.2) is 0 Å². The second-order valence-corrected chi connectivity index (χ2v) is 7.51. The van der Waals surface area contributed by atoms with Gasteiger partial charge in [0, 0.05) is 26.9 Å². The first-order valence-electron chi connectivity index (χ1n) is 7.68. The molecule has 1 rings (SSSR count). The zero-order valence-electron chi connectivity index (χ0n) is 15.2. The molecular weight excluding hydrogens is 324 g/mol. The van der Waals surface area contributed by atoms with Gasteiger partial charge in [-0.25, -0.2) is 4.79 Å². The van der Waals surface area contributed by atoms with Crippen LogP contribution in [-0.2, 0) is 22.8 Å². The maximum Gasteiger partial charge on any atom is 0.529 e. The van der Waals surface area contributed by atoms with Crippen LogP contribution in [0.1, 0.15) is 25.8 Å². The Morgan fingerprint density at radius 2 is 1.67 bits per heavy atom. The molecule has 0 saturated heterocycles. The summed E-state index contributed by atoms with van der Waals surface area (Å²) in [5.41, 5.74) is 3.18. The van der Waals surface area contributed by atoms with Gasteiger partial charge in [0.05, 0.1) is 6.61 Å². The lowest BCUT2D eigenvalue weighted by atomic mass is 10.2. The van der Waals surface area contributed by atoms with E-state index in [0.29, 0.717) is 12.2 Å². The third-order valence-electron chi connectivity index (χ3n) is 3.04. The lowest BCUT2D eigenvalue weighted by molar-refractivity contribution is -0.139. The van der Waals surface area contributed by atoms with E-state index in [1.54, 1.807) is 12.6 Å². The van der Waals surface area contributed by atoms with Crippen LogP contribution in [0.2, 0.25) is 0 Å². The first-order chi connectivity index (χ1) is 11.5. The van der Waals surface area contributed by atoms with E-state index in [0.717, 1.165) is 6.42 Å². The van der Waals surface area contributed by atoms with Crippen molar-refractivity contribution in [2.24, 2.45) is 0 Å². The highest BCUT2D eigenvalue weighted by Gasteiger charge is 2.36. The van der Waals surface area contributed by atoms with Crippen LogP contribution in [0, 0.1) is 0 Å². The van der Waals surface area contributed by atoms with Gasteiger partial charge >= 0.3 is 14.8 Å². The molecule has 0 amide bonds. The molecule has 0 aliphatic heterocycles. The summed E-state index contributed by atoms with van der Waals surface area (Å²) in [6.45, 7) is 7.62. The van der Waals surface area contributed by atoms with Crippen LogP contribution in [-0.4, -0.2) is 42.7 Å². The summed E-state index contributed by atoms with van der Waals surface area (Å²) in [6, 6.07) is 10.0. The highest BCUT2D eigenvalue weighted by Crippen LogP contribution is 2.11. The van der Waals surface area contributed by atoms with E-state index in [4.69, 9.17) is 18.0 Å². The number of ether oxygens (including phenoxy) is 1. The van der Waals surface area contributed by atoms with E-state index in [1.807, 2.05) is 43.3 Å². The van der Waals surface area contributed by atoms with Crippen molar-refractivity contribution in [1.29, 1.82) is 0 Å². The van der Waals surface area contributed by atoms with E-state index >= 15 is 0 Å². The topological polar surface area (TPSA) is 54.0 Å². The van der Waals surface area contributed by atoms with Crippen LogP contribution in [0.5, 0.6) is 0 Å². The van der Waals surface area contributed by atoms with Gasteiger partial charge in [-0.3, -0.25) is 0 Å². The van der Waals surface area contributed by atoms with Gasteiger partial charge in [0.1, 0.15) is 0 Å². The molecule has 0 N–H and O–H groups in total. The van der Waals surface area contributed by atoms with Gasteiger partial charge in [0.25, 0.3) is 0 Å². The van der Waals surface area contributed by atoms with E-state index in [1.165, 1.54) is 26.9 Å². The second kappa shape index (κ2) is 12.7. The van der Waals surface area contributed by atoms with Crippen LogP contribution < -0.4 is 0 Å². The number of hydrogen-bond donors (Lipinski definition) is 0. The van der Waals surface area contributed by atoms with Crippen molar-refractivity contribution in [3.05, 3.63) is 53.7 Å². The average Bonchev–Trinajstić information content (AvgIpc) is 2.65. The Hall–Kier alpha value is -1.73. The molecule has 0 spiro atoms. The van der Waals surface area contributed by atoms with Gasteiger partial charge < -0.3 is 18.0 Å². The van der Waals surface area contributed by atoms with Gasteiger partial charge in [0.2, 0.25) is 0 Å². The fraction of sp³-hybridized carbons (Fsp3) is 0.389. The first kappa shape index (κ1) is 22.3. The minimum atomic E-state index is -2.85. The Balaban J connectivity index is 0.000000546. The highest BCUT2D eigenvalue weighted by molar-refractivity contribution is 6.66. The molecule has 0 atom stereocenters. The number of esters is 1. The summed E-state index contributed by atoms with van der Waals surface area (Å²) in [7, 11) is 1.61. The molecule has 0 unspecified atom stereocenters. The van der Waals surface area contributed by atoms with Crippen molar-refractivity contribution in [3.8, 4) is 0 Å². The van der Waals surface area contributed by atoms with Crippen LogP contribution >= 0.6 is 0 Å². The smallest absolute Gasteiger partial charge is 0.462 e. The first-order valence-corrected chi connectivity index (χ1v) is 9.48. The minimum Gasteiger partial charge on any atom is -0.462 e. The van der Waals surface area contributed by atoms with Crippen molar-refractivity contribution in [3.63, 3.8) is 0 Å². The third-order valence-corrected chi connectivity index (χ3v) is 5.54. The molecule has 0 radical (unpaired) electrons. The summed E-state index contributed by atoms with van der Waals surface area (Å²) < 4.78 is 20.5. The molecule has 0 aliphatic carbocycles. The number of hydrogen-bond acceptors (Lipinski definition) is 5. The fourth-order valence-electron chi connectivity index (χ4n) is 1.65. The molecule has 1 aromatic rings. The van der Waals surface area contributed by atoms with Gasteiger partial charge in [-0.2, -0.15) is 0 Å². The van der Waals surface area contributed by atoms with Crippen molar-refractivity contribution in [2.75, 3.05) is 27.9 Å². The zero-order chi connectivity index (χ0) is 18.4. The predicted molar refractivity (Wildman–Crippen MR) is 98.3 cm³/mol. The Morgan fingerprint density at radius 1 is 1.12 bits per heavy atom. The summed E-state index contributed by atoms with van der Waals surface area (Å²) in [5.74, 6) is -0.370. The van der Waals surface area contributed by atoms with Gasteiger partial charge in [-0.15, -0.1) is 0 Å². The number of carbonyl (C=O) groups excluding carboxylic acids is 1. The van der Waals surface area contributed by atoms with Crippen molar-refractivity contribution in [1.82, 2.24) is 0 Å². The Labute approximate surface area is 146 Å². The molecule has 0 bridgehead atoms. The normalized spacial score (nSPS) is 11.3. The average molecular weight is 353 g/mol. The van der Waals surface area contributed by atoms with Crippen molar-refractivity contribution >= 4 is 20.8 Å². The van der Waals surface area contributed by atoms with Crippen LogP contribution in [0.4, 0.5) is 0 Å². The standard InChI is InChI=1S/C10H20O5Si.C8H8/c1-6-7-15-10(11)9(2)8-16(12-3,13-4)14-5;1-2-8-6-4-3-5-7-8/h8H,6-7H2,1-5H3;2-7H,1H2. The van der Waals surface area contributed by atoms with Crippen LogP contribution in [0.15, 0.2) is 48.2 Å². The molecule has 0 aliphatic rings. The maximum atomic E-state index is 11.5. The third kappa shape index (κ3) is 8.21. The monoisotopic (exact) mass is 352 g/mol. The molecule has 6 heteroatoms. The Morgan fingerprint density at radius 3 is 2.04 bits per heavy atom. The van der Waals surface area contributed by atoms with E-state index < -0.39 is 8.80 Å². The molecular formula is C18H28O5Si. The molecule has 0 fully saturated rings. The summed E-state index contributed by atoms with van der Waals surface area (Å²) >= 11 is 0. The van der Waals surface area contributed by atoms with Gasteiger partial charge in [-0.1, -0.05) is 49.9 Å². The molecule has 0 heterocycles. The van der Waals surface area contributed by atoms with E-state index in [9.17, 15) is 4.79 Å². The summed E-state index contributed by atoms with van der Waals surface area (Å²) in [6.07, 6.45) is 2.63. The molecule has 0 saturated carbocycles. The van der Waals surface area contributed by atoms with E-state index in [-0.39, 0.29) is 5.97 Å². The number of carbonyl (C=O) groups is 1. The molecule has 24 heavy (non-hydrogen) atoms. The highest BCUT2D eigenvalue weighted by atomic mass is 28.4. The molecule has 134 valence electrons. The van der Waals surface area contributed by atoms with E-state index in [2.05, 4.69) is 6.58 Å². The molecule has 1 aromatic carbocycles. The minimum absolute atomic E-state index is 0.370. The largest absolute Gasteiger partial charge is 0.529 e. The Kier molecular flexibility index (Phi) is 11.7. The van der Waals surface area contributed by atoms with Crippen molar-refractivity contribution < 1.29 is 22.8 Å². The Bertz CT molecular complexity index is 501. The lowest BCUT2D eigenvalue weighted by Gasteiger charge is -2.21. The number of rotatable bonds is 8. The summed E-state index contributed by atoms with van der Waals surface area (Å²) in [5, 5.41) is 0. The van der Waals surface area contributed by atoms with Crippen LogP contribution in [0.25, 0.3) is 6.08 Å².